The molecule has 0 atom stereocenters. The van der Waals surface area contributed by atoms with Crippen molar-refractivity contribution in [3.8, 4) is 12.1 Å². The quantitative estimate of drug-likeness (QED) is 0.321. The van der Waals surface area contributed by atoms with Crippen molar-refractivity contribution in [1.82, 2.24) is 10.6 Å². The highest BCUT2D eigenvalue weighted by Crippen LogP contribution is 2.14. The number of carbonyl (C=O) groups excluding carboxylic acids is 2. The fourth-order valence-electron chi connectivity index (χ4n) is 2.67. The van der Waals surface area contributed by atoms with Crippen molar-refractivity contribution < 1.29 is 9.59 Å². The van der Waals surface area contributed by atoms with Gasteiger partial charge in [-0.3, -0.25) is 9.59 Å². The maximum Gasteiger partial charge on any atom is 0.261 e. The maximum absolute atomic E-state index is 12.2. The Balaban J connectivity index is 1.76. The molecule has 0 aliphatic carbocycles. The molecule has 0 unspecified atom stereocenters. The zero-order valence-corrected chi connectivity index (χ0v) is 18.6. The monoisotopic (exact) mass is 466 g/mol. The normalized spacial score (nSPS) is 11.2. The van der Waals surface area contributed by atoms with E-state index in [0.29, 0.717) is 47.1 Å². The first-order valence-corrected chi connectivity index (χ1v) is 10.5. The van der Waals surface area contributed by atoms with Gasteiger partial charge in [0.15, 0.2) is 0 Å². The molecule has 32 heavy (non-hydrogen) atoms. The fourth-order valence-corrected chi connectivity index (χ4v) is 3.07. The highest BCUT2D eigenvalue weighted by molar-refractivity contribution is 6.31. The highest BCUT2D eigenvalue weighted by Gasteiger charge is 2.10. The van der Waals surface area contributed by atoms with Crippen LogP contribution >= 0.6 is 23.2 Å². The summed E-state index contributed by atoms with van der Waals surface area (Å²) in [5, 5.41) is 24.8. The molecule has 162 valence electrons. The molecule has 0 saturated carbocycles. The Morgan fingerprint density at radius 3 is 1.53 bits per heavy atom. The van der Waals surface area contributed by atoms with Gasteiger partial charge in [0, 0.05) is 23.1 Å². The van der Waals surface area contributed by atoms with E-state index in [9.17, 15) is 20.1 Å². The van der Waals surface area contributed by atoms with Crippen LogP contribution in [0.4, 0.5) is 0 Å². The van der Waals surface area contributed by atoms with E-state index >= 15 is 0 Å². The minimum absolute atomic E-state index is 0.0228. The number of hydrogen-bond acceptors (Lipinski definition) is 4. The lowest BCUT2D eigenvalue weighted by Crippen LogP contribution is -2.28. The topological polar surface area (TPSA) is 106 Å². The van der Waals surface area contributed by atoms with Crippen LogP contribution in [0.5, 0.6) is 0 Å². The molecule has 6 nitrogen and oxygen atoms in total. The summed E-state index contributed by atoms with van der Waals surface area (Å²) in [5.41, 5.74) is 1.27. The zero-order valence-electron chi connectivity index (χ0n) is 17.1. The molecule has 0 saturated heterocycles. The average Bonchev–Trinajstić information content (AvgIpc) is 2.77. The molecule has 0 radical (unpaired) electrons. The predicted molar refractivity (Wildman–Crippen MR) is 125 cm³/mol. The first-order chi connectivity index (χ1) is 15.4. The van der Waals surface area contributed by atoms with Gasteiger partial charge < -0.3 is 10.6 Å². The third-order valence-electron chi connectivity index (χ3n) is 4.22. The average molecular weight is 467 g/mol. The largest absolute Gasteiger partial charge is 0.351 e. The molecule has 0 heterocycles. The summed E-state index contributed by atoms with van der Waals surface area (Å²) in [6.07, 6.45) is 4.11. The highest BCUT2D eigenvalue weighted by atomic mass is 35.5. The minimum Gasteiger partial charge on any atom is -0.351 e. The summed E-state index contributed by atoms with van der Waals surface area (Å²) < 4.78 is 0. The molecule has 2 rings (SSSR count). The number of halogens is 2. The molecule has 0 aromatic heterocycles. The van der Waals surface area contributed by atoms with Gasteiger partial charge in [0.05, 0.1) is 0 Å². The van der Waals surface area contributed by atoms with Gasteiger partial charge in [-0.2, -0.15) is 10.5 Å². The summed E-state index contributed by atoms with van der Waals surface area (Å²) in [4.78, 5) is 24.3. The van der Waals surface area contributed by atoms with Gasteiger partial charge in [-0.15, -0.1) is 0 Å². The Kier molecular flexibility index (Phi) is 10.0. The summed E-state index contributed by atoms with van der Waals surface area (Å²) in [6.45, 7) is 0.680. The second kappa shape index (κ2) is 13.0. The Morgan fingerprint density at radius 2 is 1.19 bits per heavy atom. The Labute approximate surface area is 196 Å². The van der Waals surface area contributed by atoms with E-state index in [1.54, 1.807) is 48.5 Å². The number of unbranched alkanes of at least 4 members (excludes halogenated alkanes) is 1. The van der Waals surface area contributed by atoms with Gasteiger partial charge >= 0.3 is 0 Å². The molecule has 0 spiro atoms. The summed E-state index contributed by atoms with van der Waals surface area (Å²) in [7, 11) is 0. The Morgan fingerprint density at radius 1 is 0.781 bits per heavy atom. The van der Waals surface area contributed by atoms with E-state index in [0.717, 1.165) is 0 Å². The van der Waals surface area contributed by atoms with Crippen molar-refractivity contribution in [1.29, 1.82) is 10.5 Å². The summed E-state index contributed by atoms with van der Waals surface area (Å²) in [6, 6.07) is 17.4. The first-order valence-electron chi connectivity index (χ1n) is 9.74. The van der Waals surface area contributed by atoms with Gasteiger partial charge in [0.25, 0.3) is 11.8 Å². The van der Waals surface area contributed by atoms with Gasteiger partial charge in [-0.25, -0.2) is 0 Å². The lowest BCUT2D eigenvalue weighted by Gasteiger charge is -2.06. The molecular weight excluding hydrogens is 447 g/mol. The van der Waals surface area contributed by atoms with Crippen molar-refractivity contribution in [3.63, 3.8) is 0 Å². The second-order valence-corrected chi connectivity index (χ2v) is 7.54. The van der Waals surface area contributed by atoms with Crippen LogP contribution in [0.3, 0.4) is 0 Å². The minimum atomic E-state index is -0.479. The summed E-state index contributed by atoms with van der Waals surface area (Å²) >= 11 is 11.8. The molecule has 2 aromatic rings. The molecule has 2 N–H and O–H groups in total. The van der Waals surface area contributed by atoms with Crippen LogP contribution in [0, 0.1) is 22.7 Å². The first kappa shape index (κ1) is 24.7. The van der Waals surface area contributed by atoms with E-state index in [1.807, 2.05) is 12.1 Å². The van der Waals surface area contributed by atoms with E-state index in [-0.39, 0.29) is 11.1 Å². The molecule has 2 aromatic carbocycles. The zero-order chi connectivity index (χ0) is 23.3. The van der Waals surface area contributed by atoms with Crippen molar-refractivity contribution in [2.24, 2.45) is 0 Å². The van der Waals surface area contributed by atoms with Crippen LogP contribution in [-0.4, -0.2) is 24.9 Å². The van der Waals surface area contributed by atoms with Crippen molar-refractivity contribution >= 4 is 47.2 Å². The van der Waals surface area contributed by atoms with Crippen molar-refractivity contribution in [3.05, 3.63) is 80.8 Å². The number of amides is 2. The number of benzene rings is 2. The van der Waals surface area contributed by atoms with Gasteiger partial charge in [-0.05, 0) is 60.4 Å². The lowest BCUT2D eigenvalue weighted by atomic mass is 10.1. The Bertz CT molecular complexity index is 1040. The number of carbonyl (C=O) groups is 2. The van der Waals surface area contributed by atoms with Crippen LogP contribution in [0.15, 0.2) is 59.7 Å². The SMILES string of the molecule is N#C/C(=C\c1cccc(Cl)c1)C(=O)NCCCCNC(=O)/C(C#N)=C/c1cccc(Cl)c1. The van der Waals surface area contributed by atoms with Crippen LogP contribution in [0.25, 0.3) is 12.2 Å². The molecule has 2 amide bonds. The smallest absolute Gasteiger partial charge is 0.261 e. The molecule has 0 fully saturated rings. The summed E-state index contributed by atoms with van der Waals surface area (Å²) in [5.74, 6) is -0.958. The van der Waals surface area contributed by atoms with E-state index < -0.39 is 11.8 Å². The molecule has 0 aliphatic rings. The number of rotatable bonds is 9. The fraction of sp³-hybridized carbons (Fsp3) is 0.167. The lowest BCUT2D eigenvalue weighted by molar-refractivity contribution is -0.118. The van der Waals surface area contributed by atoms with E-state index in [1.165, 1.54) is 12.2 Å². The number of nitrogens with zero attached hydrogens (tertiary/aromatic N) is 2. The van der Waals surface area contributed by atoms with E-state index in [2.05, 4.69) is 10.6 Å². The third kappa shape index (κ3) is 8.28. The van der Waals surface area contributed by atoms with Crippen LogP contribution in [-0.2, 0) is 9.59 Å². The van der Waals surface area contributed by atoms with Gasteiger partial charge in [-0.1, -0.05) is 47.5 Å². The standard InChI is InChI=1S/C24H20Cl2N4O2/c25-21-7-3-5-17(13-21)11-19(15-27)23(31)29-9-1-2-10-30-24(32)20(16-28)12-18-6-4-8-22(26)14-18/h3-8,11-14H,1-2,9-10H2,(H,29,31)(H,30,32)/b19-11+,20-12+. The number of nitrogens with one attached hydrogen (secondary N) is 2. The third-order valence-corrected chi connectivity index (χ3v) is 4.69. The molecular formula is C24H20Cl2N4O2. The number of nitriles is 2. The molecule has 0 aliphatic heterocycles. The van der Waals surface area contributed by atoms with E-state index in [4.69, 9.17) is 23.2 Å². The Hall–Kier alpha value is -3.58. The van der Waals surface area contributed by atoms with Gasteiger partial charge in [0.2, 0.25) is 0 Å². The van der Waals surface area contributed by atoms with Crippen LogP contribution < -0.4 is 10.6 Å². The number of hydrogen-bond donors (Lipinski definition) is 2. The second-order valence-electron chi connectivity index (χ2n) is 6.67. The van der Waals surface area contributed by atoms with Crippen molar-refractivity contribution in [2.45, 2.75) is 12.8 Å². The molecule has 8 heteroatoms. The maximum atomic E-state index is 12.2. The predicted octanol–water partition coefficient (Wildman–Crippen LogP) is 4.52. The van der Waals surface area contributed by atoms with Gasteiger partial charge in [0.1, 0.15) is 23.3 Å². The van der Waals surface area contributed by atoms with Crippen molar-refractivity contribution in [2.75, 3.05) is 13.1 Å². The van der Waals surface area contributed by atoms with Crippen LogP contribution in [0.1, 0.15) is 24.0 Å². The molecule has 0 bridgehead atoms. The van der Waals surface area contributed by atoms with Crippen LogP contribution in [0.2, 0.25) is 10.0 Å².